The average molecular weight is 441 g/mol. The Morgan fingerprint density at radius 2 is 1.89 bits per heavy atom. The van der Waals surface area contributed by atoms with Crippen LogP contribution in [0.3, 0.4) is 0 Å². The van der Waals surface area contributed by atoms with Crippen molar-refractivity contribution in [3.63, 3.8) is 0 Å². The van der Waals surface area contributed by atoms with Crippen LogP contribution in [0.1, 0.15) is 31.2 Å². The van der Waals surface area contributed by atoms with Crippen LogP contribution in [0.4, 0.5) is 5.82 Å². The third-order valence-electron chi connectivity index (χ3n) is 5.19. The van der Waals surface area contributed by atoms with E-state index in [1.165, 1.54) is 0 Å². The van der Waals surface area contributed by atoms with Gasteiger partial charge in [-0.2, -0.15) is 0 Å². The molecule has 9 heteroatoms. The number of anilines is 1. The number of nitrogens with zero attached hydrogens (tertiary/aromatic N) is 3. The number of pyridine rings is 1. The first-order valence-electron chi connectivity index (χ1n) is 9.03. The van der Waals surface area contributed by atoms with Crippen LogP contribution in [-0.4, -0.2) is 55.1 Å². The van der Waals surface area contributed by atoms with Crippen LogP contribution in [0.15, 0.2) is 18.3 Å². The Hall–Kier alpha value is -0.790. The molecule has 0 spiro atoms. The first-order chi connectivity index (χ1) is 11.6. The lowest BCUT2D eigenvalue weighted by molar-refractivity contribution is -0.126. The third-order valence-corrected chi connectivity index (χ3v) is 5.19. The Bertz CT molecular complexity index is 552. The van der Waals surface area contributed by atoms with Gasteiger partial charge in [0.15, 0.2) is 0 Å². The van der Waals surface area contributed by atoms with E-state index in [0.29, 0.717) is 6.54 Å². The Balaban J connectivity index is 0.00000225. The zero-order chi connectivity index (χ0) is 16.9. The lowest BCUT2D eigenvalue weighted by Crippen LogP contribution is -2.44. The minimum atomic E-state index is 0. The molecule has 156 valence electrons. The number of carbonyl (C=O) groups is 1. The summed E-state index contributed by atoms with van der Waals surface area (Å²) in [6, 6.07) is 4.30. The molecule has 0 aromatic carbocycles. The Morgan fingerprint density at radius 1 is 1.19 bits per heavy atom. The number of amides is 1. The smallest absolute Gasteiger partial charge is 0.223 e. The van der Waals surface area contributed by atoms with Crippen molar-refractivity contribution >= 4 is 48.9 Å². The topological polar surface area (TPSA) is 74.5 Å². The summed E-state index contributed by atoms with van der Waals surface area (Å²) in [4.78, 5) is 21.5. The molecular weight excluding hydrogens is 409 g/mol. The summed E-state index contributed by atoms with van der Waals surface area (Å²) in [5.41, 5.74) is 7.01. The van der Waals surface area contributed by atoms with E-state index < -0.39 is 0 Å². The minimum absolute atomic E-state index is 0. The van der Waals surface area contributed by atoms with Gasteiger partial charge in [-0.05, 0) is 37.9 Å². The van der Waals surface area contributed by atoms with Crippen molar-refractivity contribution in [2.24, 2.45) is 11.7 Å². The summed E-state index contributed by atoms with van der Waals surface area (Å²) in [5, 5.41) is 3.04. The summed E-state index contributed by atoms with van der Waals surface area (Å²) in [6.45, 7) is 4.72. The van der Waals surface area contributed by atoms with Crippen molar-refractivity contribution in [3.8, 4) is 0 Å². The molecule has 2 heterocycles. The van der Waals surface area contributed by atoms with E-state index >= 15 is 0 Å². The second-order valence-corrected chi connectivity index (χ2v) is 7.16. The van der Waals surface area contributed by atoms with Crippen LogP contribution in [0.25, 0.3) is 0 Å². The number of carbonyl (C=O) groups excluding carboxylic acids is 1. The Kier molecular flexibility index (Phi) is 12.3. The average Bonchev–Trinajstić information content (AvgIpc) is 2.61. The van der Waals surface area contributed by atoms with E-state index in [9.17, 15) is 4.79 Å². The number of aromatic nitrogens is 1. The van der Waals surface area contributed by atoms with Crippen molar-refractivity contribution in [3.05, 3.63) is 23.9 Å². The van der Waals surface area contributed by atoms with Gasteiger partial charge in [-0.15, -0.1) is 37.2 Å². The molecule has 1 amide bonds. The molecule has 3 N–H and O–H groups in total. The summed E-state index contributed by atoms with van der Waals surface area (Å²) >= 11 is 0. The molecule has 0 radical (unpaired) electrons. The first-order valence-corrected chi connectivity index (χ1v) is 9.03. The number of nitrogens with two attached hydrogens (primary N) is 1. The third kappa shape index (κ3) is 7.62. The molecule has 2 unspecified atom stereocenters. The SMILES string of the molecule is CN1CCN(c2ccc(CNC(=O)C3CCCC(N)C3)cn2)CC1.Cl.Cl.Cl. The number of rotatable bonds is 4. The standard InChI is InChI=1S/C18H29N5O.3ClH/c1-22-7-9-23(10-8-22)17-6-5-14(12-20-17)13-21-18(24)15-3-2-4-16(19)11-15;;;/h5-6,12,15-16H,2-4,7-11,13,19H2,1H3,(H,21,24);3*1H. The molecule has 1 aliphatic carbocycles. The molecule has 2 atom stereocenters. The first kappa shape index (κ1) is 26.2. The van der Waals surface area contributed by atoms with Crippen molar-refractivity contribution < 1.29 is 4.79 Å². The van der Waals surface area contributed by atoms with E-state index in [2.05, 4.69) is 39.3 Å². The van der Waals surface area contributed by atoms with Gasteiger partial charge in [0.25, 0.3) is 0 Å². The zero-order valence-electron chi connectivity index (χ0n) is 15.8. The lowest BCUT2D eigenvalue weighted by atomic mass is 9.85. The van der Waals surface area contributed by atoms with E-state index in [0.717, 1.165) is 63.2 Å². The predicted octanol–water partition coefficient (Wildman–Crippen LogP) is 2.23. The molecule has 27 heavy (non-hydrogen) atoms. The zero-order valence-corrected chi connectivity index (χ0v) is 18.3. The van der Waals surface area contributed by atoms with Gasteiger partial charge in [-0.25, -0.2) is 4.98 Å². The Morgan fingerprint density at radius 3 is 2.48 bits per heavy atom. The van der Waals surface area contributed by atoms with Crippen LogP contribution in [0, 0.1) is 5.92 Å². The second-order valence-electron chi connectivity index (χ2n) is 7.16. The maximum absolute atomic E-state index is 12.3. The van der Waals surface area contributed by atoms with Crippen LogP contribution in [0.2, 0.25) is 0 Å². The number of likely N-dealkylation sites (N-methyl/N-ethyl adjacent to an activating group) is 1. The van der Waals surface area contributed by atoms with E-state index in [1.807, 2.05) is 6.20 Å². The summed E-state index contributed by atoms with van der Waals surface area (Å²) in [7, 11) is 2.15. The van der Waals surface area contributed by atoms with Gasteiger partial charge in [-0.1, -0.05) is 12.5 Å². The Labute approximate surface area is 180 Å². The van der Waals surface area contributed by atoms with Crippen molar-refractivity contribution in [1.29, 1.82) is 0 Å². The van der Waals surface area contributed by atoms with E-state index in [1.54, 1.807) is 0 Å². The van der Waals surface area contributed by atoms with E-state index in [-0.39, 0.29) is 55.1 Å². The van der Waals surface area contributed by atoms with Crippen LogP contribution < -0.4 is 16.0 Å². The van der Waals surface area contributed by atoms with Crippen molar-refractivity contribution in [2.45, 2.75) is 38.3 Å². The molecule has 1 saturated carbocycles. The summed E-state index contributed by atoms with van der Waals surface area (Å²) in [6.07, 6.45) is 5.75. The number of piperazine rings is 1. The fourth-order valence-electron chi connectivity index (χ4n) is 3.54. The molecule has 1 aromatic rings. The fraction of sp³-hybridized carbons (Fsp3) is 0.667. The van der Waals surface area contributed by atoms with E-state index in [4.69, 9.17) is 5.73 Å². The normalized spacial score (nSPS) is 22.7. The molecule has 1 saturated heterocycles. The van der Waals surface area contributed by atoms with Gasteiger partial charge in [-0.3, -0.25) is 4.79 Å². The number of hydrogen-bond acceptors (Lipinski definition) is 5. The maximum Gasteiger partial charge on any atom is 0.223 e. The van der Waals surface area contributed by atoms with Gasteiger partial charge in [0.05, 0.1) is 0 Å². The lowest BCUT2D eigenvalue weighted by Gasteiger charge is -2.33. The highest BCUT2D eigenvalue weighted by Crippen LogP contribution is 2.23. The van der Waals surface area contributed by atoms with Crippen LogP contribution in [-0.2, 0) is 11.3 Å². The highest BCUT2D eigenvalue weighted by Gasteiger charge is 2.25. The van der Waals surface area contributed by atoms with Crippen molar-refractivity contribution in [2.75, 3.05) is 38.1 Å². The van der Waals surface area contributed by atoms with Crippen LogP contribution in [0.5, 0.6) is 0 Å². The van der Waals surface area contributed by atoms with Gasteiger partial charge in [0.2, 0.25) is 5.91 Å². The molecule has 1 aliphatic heterocycles. The van der Waals surface area contributed by atoms with Gasteiger partial charge < -0.3 is 20.9 Å². The van der Waals surface area contributed by atoms with Crippen LogP contribution >= 0.6 is 37.2 Å². The maximum atomic E-state index is 12.3. The summed E-state index contributed by atoms with van der Waals surface area (Å²) < 4.78 is 0. The van der Waals surface area contributed by atoms with Gasteiger partial charge >= 0.3 is 0 Å². The monoisotopic (exact) mass is 439 g/mol. The van der Waals surface area contributed by atoms with Crippen molar-refractivity contribution in [1.82, 2.24) is 15.2 Å². The molecule has 2 aliphatic rings. The molecular formula is C18H32Cl3N5O. The summed E-state index contributed by atoms with van der Waals surface area (Å²) in [5.74, 6) is 1.23. The fourth-order valence-corrected chi connectivity index (χ4v) is 3.54. The molecule has 2 fully saturated rings. The van der Waals surface area contributed by atoms with Gasteiger partial charge in [0.1, 0.15) is 5.82 Å². The molecule has 0 bridgehead atoms. The number of nitrogens with one attached hydrogen (secondary N) is 1. The second kappa shape index (κ2) is 12.6. The molecule has 3 rings (SSSR count). The van der Waals surface area contributed by atoms with Gasteiger partial charge in [0, 0.05) is 50.9 Å². The molecule has 6 nitrogen and oxygen atoms in total. The molecule has 1 aromatic heterocycles. The number of halogens is 3. The number of hydrogen-bond donors (Lipinski definition) is 2. The largest absolute Gasteiger partial charge is 0.354 e. The quantitative estimate of drug-likeness (QED) is 0.751. The highest BCUT2D eigenvalue weighted by molar-refractivity contribution is 5.86. The predicted molar refractivity (Wildman–Crippen MR) is 117 cm³/mol. The highest BCUT2D eigenvalue weighted by atomic mass is 35.5. The minimum Gasteiger partial charge on any atom is -0.354 e.